The van der Waals surface area contributed by atoms with Crippen molar-refractivity contribution in [3.05, 3.63) is 58.9 Å². The van der Waals surface area contributed by atoms with Gasteiger partial charge in [0, 0.05) is 18.0 Å². The third-order valence-corrected chi connectivity index (χ3v) is 4.14. The number of carbonyl (C=O) groups is 2. The lowest BCUT2D eigenvalue weighted by Gasteiger charge is -2.11. The number of amides is 2. The molecule has 1 atom stereocenters. The number of halogens is 2. The van der Waals surface area contributed by atoms with Crippen LogP contribution in [0.25, 0.3) is 0 Å². The molecule has 1 unspecified atom stereocenters. The van der Waals surface area contributed by atoms with Crippen LogP contribution in [0.2, 0.25) is 5.02 Å². The van der Waals surface area contributed by atoms with Gasteiger partial charge in [-0.3, -0.25) is 9.59 Å². The first-order valence-electron chi connectivity index (χ1n) is 7.82. The van der Waals surface area contributed by atoms with Gasteiger partial charge in [0.2, 0.25) is 0 Å². The van der Waals surface area contributed by atoms with Gasteiger partial charge in [-0.05, 0) is 49.2 Å². The highest BCUT2D eigenvalue weighted by molar-refractivity contribution is 6.34. The van der Waals surface area contributed by atoms with Gasteiger partial charge in [0.1, 0.15) is 11.9 Å². The maximum absolute atomic E-state index is 13.8. The van der Waals surface area contributed by atoms with Crippen molar-refractivity contribution in [2.45, 2.75) is 18.9 Å². The fourth-order valence-electron chi connectivity index (χ4n) is 2.55. The summed E-state index contributed by atoms with van der Waals surface area (Å²) >= 11 is 5.88. The summed E-state index contributed by atoms with van der Waals surface area (Å²) < 4.78 is 19.1. The lowest BCUT2D eigenvalue weighted by atomic mass is 10.2. The molecule has 7 heteroatoms. The third kappa shape index (κ3) is 4.15. The molecule has 1 fully saturated rings. The van der Waals surface area contributed by atoms with E-state index in [1.165, 1.54) is 18.2 Å². The Balaban J connectivity index is 1.64. The monoisotopic (exact) mass is 362 g/mol. The lowest BCUT2D eigenvalue weighted by molar-refractivity contribution is -0.124. The SMILES string of the molecule is O=C(Nc1ccc(NC(=O)C2CCCO2)cc1)c1c(F)cccc1Cl. The number of anilines is 2. The quantitative estimate of drug-likeness (QED) is 0.868. The summed E-state index contributed by atoms with van der Waals surface area (Å²) in [6.07, 6.45) is 1.17. The van der Waals surface area contributed by atoms with Gasteiger partial charge >= 0.3 is 0 Å². The van der Waals surface area contributed by atoms with Crippen LogP contribution in [0.5, 0.6) is 0 Å². The van der Waals surface area contributed by atoms with Gasteiger partial charge < -0.3 is 15.4 Å². The topological polar surface area (TPSA) is 67.4 Å². The summed E-state index contributed by atoms with van der Waals surface area (Å²) in [7, 11) is 0. The Bertz CT molecular complexity index is 769. The Morgan fingerprint density at radius 3 is 2.36 bits per heavy atom. The van der Waals surface area contributed by atoms with Crippen LogP contribution in [0.4, 0.5) is 15.8 Å². The number of hydrogen-bond donors (Lipinski definition) is 2. The molecule has 0 aromatic heterocycles. The predicted octanol–water partition coefficient (Wildman–Crippen LogP) is 3.85. The second-order valence-electron chi connectivity index (χ2n) is 5.62. The van der Waals surface area contributed by atoms with Gasteiger partial charge in [-0.2, -0.15) is 0 Å². The Morgan fingerprint density at radius 1 is 1.08 bits per heavy atom. The Labute approximate surface area is 149 Å². The molecule has 1 aliphatic heterocycles. The van der Waals surface area contributed by atoms with Crippen LogP contribution in [-0.4, -0.2) is 24.5 Å². The standard InChI is InChI=1S/C18H16ClFN2O3/c19-13-3-1-4-14(20)16(13)18(24)22-12-8-6-11(7-9-12)21-17(23)15-5-2-10-25-15/h1,3-4,6-9,15H,2,5,10H2,(H,21,23)(H,22,24). The van der Waals surface area contributed by atoms with Crippen molar-refractivity contribution >= 4 is 34.8 Å². The summed E-state index contributed by atoms with van der Waals surface area (Å²) in [5, 5.41) is 5.37. The van der Waals surface area contributed by atoms with Crippen LogP contribution < -0.4 is 10.6 Å². The molecule has 0 aliphatic carbocycles. The van der Waals surface area contributed by atoms with Crippen molar-refractivity contribution in [3.63, 3.8) is 0 Å². The Morgan fingerprint density at radius 2 is 1.76 bits per heavy atom. The van der Waals surface area contributed by atoms with E-state index in [2.05, 4.69) is 10.6 Å². The van der Waals surface area contributed by atoms with E-state index >= 15 is 0 Å². The van der Waals surface area contributed by atoms with E-state index in [0.29, 0.717) is 24.4 Å². The average molecular weight is 363 g/mol. The van der Waals surface area contributed by atoms with Crippen LogP contribution in [0.15, 0.2) is 42.5 Å². The molecule has 1 aliphatic rings. The van der Waals surface area contributed by atoms with E-state index < -0.39 is 17.8 Å². The zero-order chi connectivity index (χ0) is 17.8. The summed E-state index contributed by atoms with van der Waals surface area (Å²) in [5.41, 5.74) is 0.835. The largest absolute Gasteiger partial charge is 0.368 e. The minimum atomic E-state index is -0.689. The number of hydrogen-bond acceptors (Lipinski definition) is 3. The van der Waals surface area contributed by atoms with Gasteiger partial charge in [0.15, 0.2) is 0 Å². The van der Waals surface area contributed by atoms with Gasteiger partial charge in [-0.1, -0.05) is 17.7 Å². The molecule has 2 aromatic rings. The van der Waals surface area contributed by atoms with Crippen molar-refractivity contribution in [2.24, 2.45) is 0 Å². The molecular formula is C18H16ClFN2O3. The second-order valence-corrected chi connectivity index (χ2v) is 6.03. The molecule has 0 spiro atoms. The number of benzene rings is 2. The van der Waals surface area contributed by atoms with Crippen molar-refractivity contribution in [1.82, 2.24) is 0 Å². The summed E-state index contributed by atoms with van der Waals surface area (Å²) in [6, 6.07) is 10.6. The van der Waals surface area contributed by atoms with Gasteiger partial charge in [0.05, 0.1) is 10.6 Å². The minimum Gasteiger partial charge on any atom is -0.368 e. The van der Waals surface area contributed by atoms with Crippen LogP contribution in [0, 0.1) is 5.82 Å². The molecule has 3 rings (SSSR count). The minimum absolute atomic E-state index is 0.0398. The molecule has 2 amide bonds. The van der Waals surface area contributed by atoms with Crippen molar-refractivity contribution in [2.75, 3.05) is 17.2 Å². The van der Waals surface area contributed by atoms with Crippen molar-refractivity contribution in [1.29, 1.82) is 0 Å². The van der Waals surface area contributed by atoms with Crippen molar-refractivity contribution in [3.8, 4) is 0 Å². The first-order chi connectivity index (χ1) is 12.0. The Kier molecular flexibility index (Phi) is 5.31. The summed E-state index contributed by atoms with van der Waals surface area (Å²) in [4.78, 5) is 24.1. The molecule has 1 heterocycles. The van der Waals surface area contributed by atoms with E-state index in [4.69, 9.17) is 16.3 Å². The van der Waals surface area contributed by atoms with Gasteiger partial charge in [0.25, 0.3) is 11.8 Å². The number of carbonyl (C=O) groups excluding carboxylic acids is 2. The molecular weight excluding hydrogens is 347 g/mol. The molecule has 2 N–H and O–H groups in total. The van der Waals surface area contributed by atoms with Crippen molar-refractivity contribution < 1.29 is 18.7 Å². The zero-order valence-electron chi connectivity index (χ0n) is 13.2. The van der Waals surface area contributed by atoms with E-state index in [0.717, 1.165) is 6.42 Å². The molecule has 25 heavy (non-hydrogen) atoms. The van der Waals surface area contributed by atoms with Crippen LogP contribution >= 0.6 is 11.6 Å². The molecule has 5 nitrogen and oxygen atoms in total. The maximum atomic E-state index is 13.8. The van der Waals surface area contributed by atoms with E-state index in [-0.39, 0.29) is 16.5 Å². The first-order valence-corrected chi connectivity index (χ1v) is 8.20. The summed E-state index contributed by atoms with van der Waals surface area (Å²) in [6.45, 7) is 0.599. The molecule has 0 bridgehead atoms. The van der Waals surface area contributed by atoms with E-state index in [1.54, 1.807) is 24.3 Å². The highest BCUT2D eigenvalue weighted by atomic mass is 35.5. The van der Waals surface area contributed by atoms with Gasteiger partial charge in [-0.15, -0.1) is 0 Å². The molecule has 1 saturated heterocycles. The lowest BCUT2D eigenvalue weighted by Crippen LogP contribution is -2.26. The highest BCUT2D eigenvalue weighted by Crippen LogP contribution is 2.22. The molecule has 0 saturated carbocycles. The molecule has 0 radical (unpaired) electrons. The highest BCUT2D eigenvalue weighted by Gasteiger charge is 2.23. The smallest absolute Gasteiger partial charge is 0.260 e. The molecule has 2 aromatic carbocycles. The van der Waals surface area contributed by atoms with E-state index in [9.17, 15) is 14.0 Å². The average Bonchev–Trinajstić information content (AvgIpc) is 3.11. The zero-order valence-corrected chi connectivity index (χ0v) is 14.0. The maximum Gasteiger partial charge on any atom is 0.260 e. The first kappa shape index (κ1) is 17.4. The Hall–Kier alpha value is -2.44. The second kappa shape index (κ2) is 7.63. The van der Waals surface area contributed by atoms with Crippen LogP contribution in [0.1, 0.15) is 23.2 Å². The van der Waals surface area contributed by atoms with Crippen LogP contribution in [0.3, 0.4) is 0 Å². The number of nitrogens with one attached hydrogen (secondary N) is 2. The number of rotatable bonds is 4. The van der Waals surface area contributed by atoms with Gasteiger partial charge in [-0.25, -0.2) is 4.39 Å². The third-order valence-electron chi connectivity index (χ3n) is 3.82. The fourth-order valence-corrected chi connectivity index (χ4v) is 2.80. The molecule has 130 valence electrons. The fraction of sp³-hybridized carbons (Fsp3) is 0.222. The van der Waals surface area contributed by atoms with E-state index in [1.807, 2.05) is 0 Å². The number of ether oxygens (including phenoxy) is 1. The normalized spacial score (nSPS) is 16.5. The summed E-state index contributed by atoms with van der Waals surface area (Å²) in [5.74, 6) is -1.52. The van der Waals surface area contributed by atoms with Crippen LogP contribution in [-0.2, 0) is 9.53 Å². The predicted molar refractivity (Wildman–Crippen MR) is 93.4 cm³/mol.